The standard InChI is InChI=1S/C13H15N2O2/c1-2-14-8-9-15(11-14)13(16)17-10-12-6-4-3-5-7-12/h3-9,11H,2,10H2,1H3/q+1. The van der Waals surface area contributed by atoms with Gasteiger partial charge in [-0.25, -0.2) is 4.57 Å². The number of nitrogens with zero attached hydrogens (tertiary/aromatic N) is 2. The van der Waals surface area contributed by atoms with E-state index in [1.54, 1.807) is 12.5 Å². The molecule has 0 amide bonds. The minimum absolute atomic E-state index is 0.296. The molecule has 0 unspecified atom stereocenters. The molecular weight excluding hydrogens is 216 g/mol. The Morgan fingerprint density at radius 2 is 2.12 bits per heavy atom. The third-order valence-electron chi connectivity index (χ3n) is 2.47. The van der Waals surface area contributed by atoms with Gasteiger partial charge in [0.05, 0.1) is 6.54 Å². The zero-order valence-electron chi connectivity index (χ0n) is 9.74. The Balaban J connectivity index is 1.93. The quantitative estimate of drug-likeness (QED) is 0.757. The molecule has 2 aromatic rings. The van der Waals surface area contributed by atoms with E-state index < -0.39 is 0 Å². The highest BCUT2D eigenvalue weighted by Crippen LogP contribution is 2.00. The number of hydrogen-bond donors (Lipinski definition) is 0. The largest absolute Gasteiger partial charge is 0.511 e. The van der Waals surface area contributed by atoms with Crippen molar-refractivity contribution in [3.8, 4) is 0 Å². The zero-order chi connectivity index (χ0) is 12.1. The van der Waals surface area contributed by atoms with Gasteiger partial charge in [0.25, 0.3) is 6.33 Å². The zero-order valence-corrected chi connectivity index (χ0v) is 9.74. The van der Waals surface area contributed by atoms with E-state index in [0.29, 0.717) is 6.61 Å². The molecule has 0 fully saturated rings. The lowest BCUT2D eigenvalue weighted by Gasteiger charge is -2.00. The van der Waals surface area contributed by atoms with Crippen molar-refractivity contribution in [2.75, 3.05) is 0 Å². The molecule has 0 aliphatic carbocycles. The summed E-state index contributed by atoms with van der Waals surface area (Å²) in [4.78, 5) is 11.7. The molecule has 0 radical (unpaired) electrons. The number of rotatable bonds is 3. The van der Waals surface area contributed by atoms with Crippen molar-refractivity contribution < 1.29 is 14.1 Å². The maximum atomic E-state index is 11.7. The lowest BCUT2D eigenvalue weighted by Crippen LogP contribution is -2.41. The smallest absolute Gasteiger partial charge is 0.426 e. The van der Waals surface area contributed by atoms with Crippen LogP contribution in [-0.4, -0.2) is 10.7 Å². The topological polar surface area (TPSA) is 35.1 Å². The van der Waals surface area contributed by atoms with Crippen molar-refractivity contribution in [2.24, 2.45) is 0 Å². The maximum absolute atomic E-state index is 11.7. The fourth-order valence-electron chi connectivity index (χ4n) is 1.48. The van der Waals surface area contributed by atoms with Crippen LogP contribution in [0.4, 0.5) is 4.79 Å². The average Bonchev–Trinajstić information content (AvgIpc) is 2.86. The lowest BCUT2D eigenvalue weighted by molar-refractivity contribution is -0.586. The Morgan fingerprint density at radius 3 is 2.76 bits per heavy atom. The second-order valence-electron chi connectivity index (χ2n) is 3.69. The number of carbonyl (C=O) groups is 1. The van der Waals surface area contributed by atoms with Gasteiger partial charge in [0, 0.05) is 0 Å². The Labute approximate surface area is 100 Å². The van der Waals surface area contributed by atoms with E-state index in [2.05, 4.69) is 0 Å². The van der Waals surface area contributed by atoms with Crippen LogP contribution < -0.4 is 4.57 Å². The minimum atomic E-state index is -0.360. The summed E-state index contributed by atoms with van der Waals surface area (Å²) in [7, 11) is 0. The Morgan fingerprint density at radius 1 is 1.35 bits per heavy atom. The number of ether oxygens (including phenoxy) is 1. The second kappa shape index (κ2) is 5.30. The first kappa shape index (κ1) is 11.4. The summed E-state index contributed by atoms with van der Waals surface area (Å²) in [5.41, 5.74) is 0.983. The fourth-order valence-corrected chi connectivity index (χ4v) is 1.48. The molecule has 0 bridgehead atoms. The molecule has 0 saturated heterocycles. The van der Waals surface area contributed by atoms with E-state index in [-0.39, 0.29) is 6.09 Å². The van der Waals surface area contributed by atoms with Crippen LogP contribution in [0.3, 0.4) is 0 Å². The van der Waals surface area contributed by atoms with Gasteiger partial charge in [0.1, 0.15) is 19.0 Å². The van der Waals surface area contributed by atoms with Crippen LogP contribution in [-0.2, 0) is 17.9 Å². The predicted octanol–water partition coefficient (Wildman–Crippen LogP) is 1.98. The summed E-state index contributed by atoms with van der Waals surface area (Å²) in [5.74, 6) is 0. The number of aryl methyl sites for hydroxylation is 1. The summed E-state index contributed by atoms with van der Waals surface area (Å²) < 4.78 is 8.53. The van der Waals surface area contributed by atoms with Crippen molar-refractivity contribution in [3.63, 3.8) is 0 Å². The molecule has 2 rings (SSSR count). The Kier molecular flexibility index (Phi) is 3.55. The van der Waals surface area contributed by atoms with Crippen molar-refractivity contribution >= 4 is 6.09 Å². The van der Waals surface area contributed by atoms with Crippen LogP contribution in [0, 0.1) is 0 Å². The van der Waals surface area contributed by atoms with E-state index in [1.165, 1.54) is 4.57 Å². The summed E-state index contributed by atoms with van der Waals surface area (Å²) in [5, 5.41) is 0. The summed E-state index contributed by atoms with van der Waals surface area (Å²) in [6.45, 7) is 3.14. The first-order chi connectivity index (χ1) is 8.29. The second-order valence-corrected chi connectivity index (χ2v) is 3.69. The van der Waals surface area contributed by atoms with Gasteiger partial charge in [-0.1, -0.05) is 30.3 Å². The Bertz CT molecular complexity index is 491. The highest BCUT2D eigenvalue weighted by molar-refractivity contribution is 5.56. The first-order valence-corrected chi connectivity index (χ1v) is 5.57. The number of aromatic nitrogens is 2. The van der Waals surface area contributed by atoms with Crippen LogP contribution in [0.5, 0.6) is 0 Å². The summed E-state index contributed by atoms with van der Waals surface area (Å²) >= 11 is 0. The van der Waals surface area contributed by atoms with Crippen LogP contribution in [0.1, 0.15) is 12.5 Å². The molecule has 0 N–H and O–H groups in total. The molecule has 4 nitrogen and oxygen atoms in total. The number of hydrogen-bond acceptors (Lipinski definition) is 2. The molecule has 4 heteroatoms. The molecule has 0 aliphatic heterocycles. The monoisotopic (exact) mass is 231 g/mol. The fraction of sp³-hybridized carbons (Fsp3) is 0.231. The van der Waals surface area contributed by atoms with Crippen molar-refractivity contribution in [2.45, 2.75) is 20.1 Å². The van der Waals surface area contributed by atoms with E-state index in [4.69, 9.17) is 4.74 Å². The highest BCUT2D eigenvalue weighted by Gasteiger charge is 2.13. The van der Waals surface area contributed by atoms with E-state index >= 15 is 0 Å². The third-order valence-corrected chi connectivity index (χ3v) is 2.47. The van der Waals surface area contributed by atoms with Gasteiger partial charge in [-0.15, -0.1) is 4.57 Å². The van der Waals surface area contributed by atoms with Crippen LogP contribution in [0.2, 0.25) is 0 Å². The first-order valence-electron chi connectivity index (χ1n) is 5.57. The molecule has 0 spiro atoms. The van der Waals surface area contributed by atoms with Gasteiger partial charge in [0.2, 0.25) is 0 Å². The SMILES string of the molecule is CCn1cc[n+](C(=O)OCc2ccccc2)c1. The maximum Gasteiger partial charge on any atom is 0.511 e. The van der Waals surface area contributed by atoms with Gasteiger partial charge in [-0.3, -0.25) is 0 Å². The molecule has 1 aromatic carbocycles. The average molecular weight is 231 g/mol. The molecule has 0 aliphatic rings. The summed E-state index contributed by atoms with van der Waals surface area (Å²) in [6.07, 6.45) is 4.88. The molecule has 1 heterocycles. The van der Waals surface area contributed by atoms with E-state index in [9.17, 15) is 4.79 Å². The number of imidazole rings is 1. The lowest BCUT2D eigenvalue weighted by atomic mass is 10.2. The molecular formula is C13H15N2O2+. The normalized spacial score (nSPS) is 10.2. The van der Waals surface area contributed by atoms with Gasteiger partial charge in [0.15, 0.2) is 0 Å². The van der Waals surface area contributed by atoms with Crippen molar-refractivity contribution in [1.82, 2.24) is 4.57 Å². The molecule has 0 saturated carbocycles. The van der Waals surface area contributed by atoms with Gasteiger partial charge < -0.3 is 4.74 Å². The van der Waals surface area contributed by atoms with E-state index in [0.717, 1.165) is 12.1 Å². The molecule has 88 valence electrons. The predicted molar refractivity (Wildman–Crippen MR) is 62.3 cm³/mol. The van der Waals surface area contributed by atoms with Crippen molar-refractivity contribution in [3.05, 3.63) is 54.6 Å². The van der Waals surface area contributed by atoms with Crippen LogP contribution in [0.25, 0.3) is 0 Å². The summed E-state index contributed by atoms with van der Waals surface area (Å²) in [6, 6.07) is 9.62. The van der Waals surface area contributed by atoms with Gasteiger partial charge in [-0.05, 0) is 12.5 Å². The molecule has 1 aromatic heterocycles. The number of carbonyl (C=O) groups excluding carboxylic acids is 1. The number of benzene rings is 1. The van der Waals surface area contributed by atoms with E-state index in [1.807, 2.05) is 48.0 Å². The third kappa shape index (κ3) is 2.93. The highest BCUT2D eigenvalue weighted by atomic mass is 16.5. The van der Waals surface area contributed by atoms with Crippen molar-refractivity contribution in [1.29, 1.82) is 0 Å². The van der Waals surface area contributed by atoms with Gasteiger partial charge >= 0.3 is 6.09 Å². The van der Waals surface area contributed by atoms with Crippen LogP contribution >= 0.6 is 0 Å². The molecule has 0 atom stereocenters. The molecule has 17 heavy (non-hydrogen) atoms. The van der Waals surface area contributed by atoms with Crippen LogP contribution in [0.15, 0.2) is 49.1 Å². The minimum Gasteiger partial charge on any atom is -0.426 e. The van der Waals surface area contributed by atoms with Gasteiger partial charge in [-0.2, -0.15) is 4.79 Å². The Hall–Kier alpha value is -2.10.